The van der Waals surface area contributed by atoms with E-state index in [4.69, 9.17) is 0 Å². The molecule has 1 N–H and O–H groups in total. The summed E-state index contributed by atoms with van der Waals surface area (Å²) in [6, 6.07) is 30.7. The van der Waals surface area contributed by atoms with Gasteiger partial charge >= 0.3 is 0 Å². The van der Waals surface area contributed by atoms with E-state index in [1.807, 2.05) is 48.5 Å². The van der Waals surface area contributed by atoms with Crippen LogP contribution in [0.1, 0.15) is 10.8 Å². The van der Waals surface area contributed by atoms with Crippen molar-refractivity contribution in [2.45, 2.75) is 10.1 Å². The second kappa shape index (κ2) is 11.0. The first-order chi connectivity index (χ1) is 15.3. The van der Waals surface area contributed by atoms with Crippen molar-refractivity contribution in [2.75, 3.05) is 44.2 Å². The molecule has 0 radical (unpaired) electrons. The Labute approximate surface area is 189 Å². The highest BCUT2D eigenvalue weighted by Crippen LogP contribution is 2.35. The molecule has 3 aromatic carbocycles. The maximum absolute atomic E-state index is 13.1. The number of rotatable bonds is 8. The van der Waals surface area contributed by atoms with Gasteiger partial charge in [-0.15, -0.1) is 11.8 Å². The van der Waals surface area contributed by atoms with E-state index in [1.165, 1.54) is 5.69 Å². The molecule has 0 aromatic heterocycles. The monoisotopic (exact) mass is 431 g/mol. The minimum absolute atomic E-state index is 0.0722. The molecule has 1 aliphatic rings. The Kier molecular flexibility index (Phi) is 7.64. The lowest BCUT2D eigenvalue weighted by molar-refractivity contribution is -0.120. The molecule has 1 amide bonds. The summed E-state index contributed by atoms with van der Waals surface area (Å²) in [5, 5.41) is 2.93. The molecule has 160 valence electrons. The summed E-state index contributed by atoms with van der Waals surface area (Å²) < 4.78 is 0. The first kappa shape index (κ1) is 21.5. The van der Waals surface area contributed by atoms with Gasteiger partial charge in [-0.3, -0.25) is 9.69 Å². The predicted molar refractivity (Wildman–Crippen MR) is 130 cm³/mol. The van der Waals surface area contributed by atoms with Crippen molar-refractivity contribution in [1.82, 2.24) is 10.2 Å². The van der Waals surface area contributed by atoms with Gasteiger partial charge in [0.05, 0.1) is 0 Å². The van der Waals surface area contributed by atoms with Crippen LogP contribution in [-0.2, 0) is 4.79 Å². The third kappa shape index (κ3) is 6.12. The molecule has 1 atom stereocenters. The molecule has 31 heavy (non-hydrogen) atoms. The zero-order valence-electron chi connectivity index (χ0n) is 17.7. The zero-order chi connectivity index (χ0) is 21.3. The van der Waals surface area contributed by atoms with Gasteiger partial charge in [0, 0.05) is 49.9 Å². The number of nitrogens with one attached hydrogen (secondary N) is 1. The number of hydrogen-bond acceptors (Lipinski definition) is 4. The van der Waals surface area contributed by atoms with Crippen LogP contribution in [0.4, 0.5) is 5.69 Å². The molecule has 1 aliphatic heterocycles. The van der Waals surface area contributed by atoms with Crippen molar-refractivity contribution in [1.29, 1.82) is 0 Å². The van der Waals surface area contributed by atoms with Crippen LogP contribution in [0.25, 0.3) is 0 Å². The molecule has 1 heterocycles. The fraction of sp³-hybridized carbons (Fsp3) is 0.269. The minimum Gasteiger partial charge on any atom is -0.369 e. The average Bonchev–Trinajstić information content (AvgIpc) is 2.84. The Bertz CT molecular complexity index is 929. The summed E-state index contributed by atoms with van der Waals surface area (Å²) in [4.78, 5) is 19.0. The predicted octanol–water partition coefficient (Wildman–Crippen LogP) is 4.46. The van der Waals surface area contributed by atoms with Gasteiger partial charge in [0.25, 0.3) is 0 Å². The molecule has 0 spiro atoms. The fourth-order valence-corrected chi connectivity index (χ4v) is 4.90. The standard InChI is InChI=1S/C26H29N3OS/c30-26(25(22-10-4-1-5-11-22)31-24-14-8-3-9-15-24)27-16-17-28-18-20-29(21-19-28)23-12-6-2-7-13-23/h1-15,25H,16-21H2,(H,27,30). The van der Waals surface area contributed by atoms with E-state index in [0.717, 1.165) is 43.2 Å². The third-order valence-corrected chi connectivity index (χ3v) is 6.82. The van der Waals surface area contributed by atoms with Crippen molar-refractivity contribution >= 4 is 23.4 Å². The molecule has 1 saturated heterocycles. The lowest BCUT2D eigenvalue weighted by atomic mass is 10.1. The molecule has 0 aliphatic carbocycles. The highest BCUT2D eigenvalue weighted by atomic mass is 32.2. The van der Waals surface area contributed by atoms with Gasteiger partial charge < -0.3 is 10.2 Å². The molecule has 4 rings (SSSR count). The lowest BCUT2D eigenvalue weighted by Gasteiger charge is -2.36. The van der Waals surface area contributed by atoms with Gasteiger partial charge in [0.2, 0.25) is 5.91 Å². The van der Waals surface area contributed by atoms with E-state index in [0.29, 0.717) is 6.54 Å². The molecule has 3 aromatic rings. The van der Waals surface area contributed by atoms with Crippen molar-refractivity contribution in [2.24, 2.45) is 0 Å². The van der Waals surface area contributed by atoms with E-state index in [9.17, 15) is 4.79 Å². The highest BCUT2D eigenvalue weighted by molar-refractivity contribution is 8.00. The summed E-state index contributed by atoms with van der Waals surface area (Å²) in [5.74, 6) is 0.0722. The number of para-hydroxylation sites is 1. The van der Waals surface area contributed by atoms with Gasteiger partial charge in [-0.2, -0.15) is 0 Å². The molecule has 0 saturated carbocycles. The van der Waals surface area contributed by atoms with Gasteiger partial charge in [-0.1, -0.05) is 66.7 Å². The van der Waals surface area contributed by atoms with Gasteiger partial charge in [-0.05, 0) is 29.8 Å². The van der Waals surface area contributed by atoms with Crippen molar-refractivity contribution in [3.63, 3.8) is 0 Å². The molecule has 4 nitrogen and oxygen atoms in total. The molecule has 1 unspecified atom stereocenters. The van der Waals surface area contributed by atoms with Crippen LogP contribution in [0.5, 0.6) is 0 Å². The Balaban J connectivity index is 1.28. The SMILES string of the molecule is O=C(NCCN1CCN(c2ccccc2)CC1)C(Sc1ccccc1)c1ccccc1. The minimum atomic E-state index is -0.251. The van der Waals surface area contributed by atoms with E-state index < -0.39 is 0 Å². The Morgan fingerprint density at radius 1 is 0.806 bits per heavy atom. The van der Waals surface area contributed by atoms with E-state index in [-0.39, 0.29) is 11.2 Å². The number of anilines is 1. The topological polar surface area (TPSA) is 35.6 Å². The van der Waals surface area contributed by atoms with E-state index in [1.54, 1.807) is 11.8 Å². The Morgan fingerprint density at radius 3 is 2.03 bits per heavy atom. The summed E-state index contributed by atoms with van der Waals surface area (Å²) in [6.07, 6.45) is 0. The second-order valence-electron chi connectivity index (χ2n) is 7.68. The quantitative estimate of drug-likeness (QED) is 0.534. The van der Waals surface area contributed by atoms with Crippen LogP contribution in [0.2, 0.25) is 0 Å². The number of carbonyl (C=O) groups is 1. The van der Waals surface area contributed by atoms with Crippen molar-refractivity contribution in [3.8, 4) is 0 Å². The lowest BCUT2D eigenvalue weighted by Crippen LogP contribution is -2.48. The van der Waals surface area contributed by atoms with Crippen LogP contribution in [0.15, 0.2) is 95.9 Å². The van der Waals surface area contributed by atoms with Gasteiger partial charge in [-0.25, -0.2) is 0 Å². The molecule has 5 heteroatoms. The summed E-state index contributed by atoms with van der Waals surface area (Å²) in [6.45, 7) is 5.63. The smallest absolute Gasteiger partial charge is 0.238 e. The Hall–Kier alpha value is -2.76. The number of amides is 1. The van der Waals surface area contributed by atoms with Crippen LogP contribution in [0, 0.1) is 0 Å². The molecular weight excluding hydrogens is 402 g/mol. The van der Waals surface area contributed by atoms with E-state index >= 15 is 0 Å². The van der Waals surface area contributed by atoms with Crippen LogP contribution in [-0.4, -0.2) is 50.1 Å². The number of thioether (sulfide) groups is 1. The normalized spacial score (nSPS) is 15.4. The summed E-state index contributed by atoms with van der Waals surface area (Å²) in [5.41, 5.74) is 2.32. The summed E-state index contributed by atoms with van der Waals surface area (Å²) in [7, 11) is 0. The Morgan fingerprint density at radius 2 is 1.39 bits per heavy atom. The van der Waals surface area contributed by atoms with Gasteiger partial charge in [0.15, 0.2) is 0 Å². The number of piperazine rings is 1. The highest BCUT2D eigenvalue weighted by Gasteiger charge is 2.22. The molecular formula is C26H29N3OS. The zero-order valence-corrected chi connectivity index (χ0v) is 18.5. The number of carbonyl (C=O) groups excluding carboxylic acids is 1. The average molecular weight is 432 g/mol. The number of hydrogen-bond donors (Lipinski definition) is 1. The molecule has 0 bridgehead atoms. The summed E-state index contributed by atoms with van der Waals surface area (Å²) >= 11 is 1.60. The van der Waals surface area contributed by atoms with Gasteiger partial charge in [0.1, 0.15) is 5.25 Å². The first-order valence-electron chi connectivity index (χ1n) is 10.9. The van der Waals surface area contributed by atoms with Crippen LogP contribution >= 0.6 is 11.8 Å². The first-order valence-corrected chi connectivity index (χ1v) is 11.7. The van der Waals surface area contributed by atoms with Crippen molar-refractivity contribution < 1.29 is 4.79 Å². The van der Waals surface area contributed by atoms with E-state index in [2.05, 4.69) is 57.6 Å². The third-order valence-electron chi connectivity index (χ3n) is 5.56. The largest absolute Gasteiger partial charge is 0.369 e. The second-order valence-corrected chi connectivity index (χ2v) is 8.86. The molecule has 1 fully saturated rings. The van der Waals surface area contributed by atoms with Crippen LogP contribution in [0.3, 0.4) is 0 Å². The van der Waals surface area contributed by atoms with Crippen LogP contribution < -0.4 is 10.2 Å². The fourth-order valence-electron chi connectivity index (χ4n) is 3.83. The number of benzene rings is 3. The maximum atomic E-state index is 13.1. The van der Waals surface area contributed by atoms with Crippen molar-refractivity contribution in [3.05, 3.63) is 96.6 Å². The maximum Gasteiger partial charge on any atom is 0.238 e. The number of nitrogens with zero attached hydrogens (tertiary/aromatic N) is 2.